The van der Waals surface area contributed by atoms with E-state index in [2.05, 4.69) is 5.32 Å². The first-order valence-electron chi connectivity index (χ1n) is 6.92. The second-order valence-corrected chi connectivity index (χ2v) is 5.33. The summed E-state index contributed by atoms with van der Waals surface area (Å²) in [7, 11) is 0. The Kier molecular flexibility index (Phi) is 3.36. The van der Waals surface area contributed by atoms with E-state index in [-0.39, 0.29) is 17.7 Å². The summed E-state index contributed by atoms with van der Waals surface area (Å²) in [5, 5.41) is 13.5. The van der Waals surface area contributed by atoms with Crippen LogP contribution in [0.1, 0.15) is 36.2 Å². The third-order valence-electron chi connectivity index (χ3n) is 3.72. The van der Waals surface area contributed by atoms with E-state index in [9.17, 15) is 19.7 Å². The highest BCUT2D eigenvalue weighted by atomic mass is 16.6. The zero-order valence-electron chi connectivity index (χ0n) is 11.3. The molecule has 0 radical (unpaired) electrons. The van der Waals surface area contributed by atoms with Gasteiger partial charge >= 0.3 is 5.88 Å². The number of rotatable bonds is 4. The predicted octanol–water partition coefficient (Wildman–Crippen LogP) is 1.07. The van der Waals surface area contributed by atoms with Crippen molar-refractivity contribution in [3.63, 3.8) is 0 Å². The third kappa shape index (κ3) is 2.74. The van der Waals surface area contributed by atoms with E-state index in [0.29, 0.717) is 13.0 Å². The lowest BCUT2D eigenvalue weighted by Crippen LogP contribution is -2.46. The van der Waals surface area contributed by atoms with Crippen molar-refractivity contribution in [3.05, 3.63) is 28.0 Å². The molecule has 0 bridgehead atoms. The van der Waals surface area contributed by atoms with Crippen LogP contribution in [0, 0.1) is 10.1 Å². The summed E-state index contributed by atoms with van der Waals surface area (Å²) >= 11 is 0. The van der Waals surface area contributed by atoms with Crippen LogP contribution >= 0.6 is 0 Å². The molecule has 2 amide bonds. The molecule has 1 aromatic rings. The van der Waals surface area contributed by atoms with Crippen LogP contribution in [0.5, 0.6) is 0 Å². The summed E-state index contributed by atoms with van der Waals surface area (Å²) < 4.78 is 4.92. The number of nitro groups is 1. The fourth-order valence-electron chi connectivity index (χ4n) is 2.49. The van der Waals surface area contributed by atoms with E-state index in [1.54, 1.807) is 0 Å². The normalized spacial score (nSPS) is 21.3. The minimum absolute atomic E-state index is 0.104. The van der Waals surface area contributed by atoms with Gasteiger partial charge in [0, 0.05) is 12.6 Å². The fraction of sp³-hybridized carbons (Fsp3) is 0.538. The van der Waals surface area contributed by atoms with Gasteiger partial charge in [0.25, 0.3) is 5.91 Å². The average Bonchev–Trinajstić information content (AvgIpc) is 2.99. The van der Waals surface area contributed by atoms with Crippen molar-refractivity contribution in [2.75, 3.05) is 6.54 Å². The van der Waals surface area contributed by atoms with Gasteiger partial charge in [0.05, 0.1) is 6.07 Å². The fourth-order valence-corrected chi connectivity index (χ4v) is 2.49. The molecule has 112 valence electrons. The Labute approximate surface area is 120 Å². The second kappa shape index (κ2) is 5.19. The van der Waals surface area contributed by atoms with Crippen LogP contribution in [-0.2, 0) is 4.79 Å². The standard InChI is InChI=1S/C13H15N3O5/c17-12(14-8-3-4-8)9-2-1-7-15(9)13(18)10-5-6-11(21-10)16(19)20/h5-6,8-9H,1-4,7H2,(H,14,17)/t9-/m0/s1. The molecule has 0 aromatic carbocycles. The Bertz CT molecular complexity index is 592. The number of nitrogens with zero attached hydrogens (tertiary/aromatic N) is 2. The lowest BCUT2D eigenvalue weighted by Gasteiger charge is -2.22. The van der Waals surface area contributed by atoms with Gasteiger partial charge in [-0.2, -0.15) is 0 Å². The number of nitrogens with one attached hydrogen (secondary N) is 1. The Morgan fingerprint density at radius 2 is 2.10 bits per heavy atom. The predicted molar refractivity (Wildman–Crippen MR) is 70.6 cm³/mol. The number of furan rings is 1. The first kappa shape index (κ1) is 13.6. The lowest BCUT2D eigenvalue weighted by molar-refractivity contribution is -0.402. The van der Waals surface area contributed by atoms with Crippen molar-refractivity contribution in [1.82, 2.24) is 10.2 Å². The van der Waals surface area contributed by atoms with Crippen LogP contribution < -0.4 is 5.32 Å². The number of amides is 2. The first-order valence-corrected chi connectivity index (χ1v) is 6.92. The summed E-state index contributed by atoms with van der Waals surface area (Å²) in [6.07, 6.45) is 3.30. The molecule has 1 aliphatic carbocycles. The van der Waals surface area contributed by atoms with Gasteiger partial charge in [0.1, 0.15) is 11.0 Å². The number of carbonyl (C=O) groups is 2. The topological polar surface area (TPSA) is 106 Å². The summed E-state index contributed by atoms with van der Waals surface area (Å²) in [5.74, 6) is -1.20. The molecule has 0 spiro atoms. The molecule has 2 fully saturated rings. The van der Waals surface area contributed by atoms with Gasteiger partial charge < -0.3 is 14.6 Å². The van der Waals surface area contributed by atoms with Gasteiger partial charge in [-0.3, -0.25) is 19.7 Å². The van der Waals surface area contributed by atoms with Gasteiger partial charge in [-0.1, -0.05) is 0 Å². The minimum atomic E-state index is -0.696. The van der Waals surface area contributed by atoms with E-state index >= 15 is 0 Å². The number of likely N-dealkylation sites (tertiary alicyclic amines) is 1. The third-order valence-corrected chi connectivity index (χ3v) is 3.72. The maximum Gasteiger partial charge on any atom is 0.433 e. The molecule has 8 nitrogen and oxygen atoms in total. The molecular formula is C13H15N3O5. The van der Waals surface area contributed by atoms with E-state index in [4.69, 9.17) is 4.42 Å². The lowest BCUT2D eigenvalue weighted by atomic mass is 10.2. The molecule has 0 unspecified atom stereocenters. The largest absolute Gasteiger partial charge is 0.433 e. The summed E-state index contributed by atoms with van der Waals surface area (Å²) in [5.41, 5.74) is 0. The van der Waals surface area contributed by atoms with Crippen molar-refractivity contribution in [2.45, 2.75) is 37.8 Å². The van der Waals surface area contributed by atoms with Gasteiger partial charge in [-0.25, -0.2) is 0 Å². The SMILES string of the molecule is O=C(NC1CC1)[C@@H]1CCCN1C(=O)c1ccc([N+](=O)[O-])o1. The molecule has 1 aromatic heterocycles. The van der Waals surface area contributed by atoms with Gasteiger partial charge in [-0.05, 0) is 31.7 Å². The molecule has 1 aliphatic heterocycles. The van der Waals surface area contributed by atoms with Gasteiger partial charge in [0.15, 0.2) is 5.76 Å². The molecule has 1 saturated heterocycles. The Morgan fingerprint density at radius 3 is 2.71 bits per heavy atom. The van der Waals surface area contributed by atoms with Crippen LogP contribution in [0.15, 0.2) is 16.5 Å². The molecule has 3 rings (SSSR count). The maximum atomic E-state index is 12.3. The van der Waals surface area contributed by atoms with Gasteiger partial charge in [-0.15, -0.1) is 0 Å². The molecule has 8 heteroatoms. The second-order valence-electron chi connectivity index (χ2n) is 5.33. The van der Waals surface area contributed by atoms with E-state index in [0.717, 1.165) is 25.3 Å². The van der Waals surface area contributed by atoms with Crippen LogP contribution in [0.3, 0.4) is 0 Å². The molecule has 1 N–H and O–H groups in total. The van der Waals surface area contributed by atoms with Gasteiger partial charge in [0.2, 0.25) is 5.91 Å². The average molecular weight is 293 g/mol. The number of hydrogen-bond donors (Lipinski definition) is 1. The molecule has 1 saturated carbocycles. The molecule has 2 heterocycles. The minimum Gasteiger partial charge on any atom is -0.395 e. The highest BCUT2D eigenvalue weighted by Crippen LogP contribution is 2.25. The smallest absolute Gasteiger partial charge is 0.395 e. The zero-order valence-corrected chi connectivity index (χ0v) is 11.3. The zero-order chi connectivity index (χ0) is 15.0. The van der Waals surface area contributed by atoms with Crippen LogP contribution in [0.2, 0.25) is 0 Å². The molecular weight excluding hydrogens is 278 g/mol. The van der Waals surface area contributed by atoms with E-state index in [1.807, 2.05) is 0 Å². The summed E-state index contributed by atoms with van der Waals surface area (Å²) in [6.45, 7) is 0.454. The Balaban J connectivity index is 1.72. The Hall–Kier alpha value is -2.38. The van der Waals surface area contributed by atoms with Crippen molar-refractivity contribution in [1.29, 1.82) is 0 Å². The summed E-state index contributed by atoms with van der Waals surface area (Å²) in [4.78, 5) is 35.8. The van der Waals surface area contributed by atoms with E-state index in [1.165, 1.54) is 11.0 Å². The molecule has 2 aliphatic rings. The molecule has 21 heavy (non-hydrogen) atoms. The van der Waals surface area contributed by atoms with Crippen molar-refractivity contribution >= 4 is 17.7 Å². The highest BCUT2D eigenvalue weighted by molar-refractivity contribution is 5.96. The number of hydrogen-bond acceptors (Lipinski definition) is 5. The monoisotopic (exact) mass is 293 g/mol. The molecule has 1 atom stereocenters. The summed E-state index contributed by atoms with van der Waals surface area (Å²) in [6, 6.07) is 2.14. The van der Waals surface area contributed by atoms with Crippen LogP contribution in [0.25, 0.3) is 0 Å². The van der Waals surface area contributed by atoms with Crippen LogP contribution in [0.4, 0.5) is 5.88 Å². The van der Waals surface area contributed by atoms with Crippen LogP contribution in [-0.4, -0.2) is 40.3 Å². The Morgan fingerprint density at radius 1 is 1.33 bits per heavy atom. The van der Waals surface area contributed by atoms with Crippen molar-refractivity contribution in [3.8, 4) is 0 Å². The van der Waals surface area contributed by atoms with Crippen molar-refractivity contribution in [2.24, 2.45) is 0 Å². The first-order chi connectivity index (χ1) is 10.1. The quantitative estimate of drug-likeness (QED) is 0.660. The maximum absolute atomic E-state index is 12.3. The number of carbonyl (C=O) groups excluding carboxylic acids is 2. The van der Waals surface area contributed by atoms with Crippen molar-refractivity contribution < 1.29 is 18.9 Å². The highest BCUT2D eigenvalue weighted by Gasteiger charge is 2.38. The van der Waals surface area contributed by atoms with E-state index < -0.39 is 22.8 Å².